The van der Waals surface area contributed by atoms with Crippen LogP contribution in [0.3, 0.4) is 0 Å². The second-order valence-electron chi connectivity index (χ2n) is 7.11. The molecule has 0 spiro atoms. The number of nitrogens with one attached hydrogen (secondary N) is 2. The first-order valence-corrected chi connectivity index (χ1v) is 9.65. The fourth-order valence-corrected chi connectivity index (χ4v) is 4.01. The van der Waals surface area contributed by atoms with E-state index >= 15 is 0 Å². The predicted octanol–water partition coefficient (Wildman–Crippen LogP) is 3.45. The number of anilines is 3. The minimum absolute atomic E-state index is 0.154. The van der Waals surface area contributed by atoms with Gasteiger partial charge in [0.2, 0.25) is 5.91 Å². The van der Waals surface area contributed by atoms with Crippen LogP contribution in [0.4, 0.5) is 17.1 Å². The maximum atomic E-state index is 12.4. The molecule has 0 bridgehead atoms. The van der Waals surface area contributed by atoms with Crippen LogP contribution in [0, 0.1) is 6.92 Å². The molecule has 0 fully saturated rings. The van der Waals surface area contributed by atoms with Gasteiger partial charge in [0, 0.05) is 29.4 Å². The van der Waals surface area contributed by atoms with E-state index in [9.17, 15) is 14.4 Å². The van der Waals surface area contributed by atoms with Crippen LogP contribution in [-0.4, -0.2) is 24.3 Å². The Morgan fingerprint density at radius 1 is 1.04 bits per heavy atom. The minimum atomic E-state index is -0.756. The number of carbonyl (C=O) groups is 3. The molecule has 2 N–H and O–H groups in total. The van der Waals surface area contributed by atoms with Crippen molar-refractivity contribution in [2.75, 3.05) is 22.1 Å². The van der Waals surface area contributed by atoms with Gasteiger partial charge >= 0.3 is 11.8 Å². The lowest BCUT2D eigenvalue weighted by atomic mass is 9.91. The summed E-state index contributed by atoms with van der Waals surface area (Å²) in [7, 11) is 0. The zero-order valence-electron chi connectivity index (χ0n) is 15.5. The average Bonchev–Trinajstić information content (AvgIpc) is 2.68. The van der Waals surface area contributed by atoms with Crippen molar-refractivity contribution in [1.82, 2.24) is 0 Å². The van der Waals surface area contributed by atoms with Crippen molar-refractivity contribution >= 4 is 46.4 Å². The highest BCUT2D eigenvalue weighted by atomic mass is 35.5. The lowest BCUT2D eigenvalue weighted by molar-refractivity contribution is -0.133. The third-order valence-corrected chi connectivity index (χ3v) is 5.66. The van der Waals surface area contributed by atoms with Crippen LogP contribution in [0.5, 0.6) is 0 Å². The third-order valence-electron chi connectivity index (χ3n) is 5.25. The number of benzene rings is 2. The topological polar surface area (TPSA) is 78.5 Å². The number of hydrogen-bond donors (Lipinski definition) is 2. The number of hydrogen-bond acceptors (Lipinski definition) is 3. The van der Waals surface area contributed by atoms with Crippen molar-refractivity contribution in [3.63, 3.8) is 0 Å². The fourth-order valence-electron chi connectivity index (χ4n) is 3.84. The van der Waals surface area contributed by atoms with Crippen molar-refractivity contribution in [2.24, 2.45) is 0 Å². The van der Waals surface area contributed by atoms with E-state index in [0.29, 0.717) is 34.8 Å². The molecule has 2 aromatic rings. The first kappa shape index (κ1) is 18.5. The molecule has 0 saturated carbocycles. The van der Waals surface area contributed by atoms with E-state index in [-0.39, 0.29) is 5.91 Å². The molecule has 2 aliphatic rings. The molecular weight excluding hydrogens is 378 g/mol. The van der Waals surface area contributed by atoms with Crippen LogP contribution in [-0.2, 0) is 27.2 Å². The van der Waals surface area contributed by atoms with Crippen molar-refractivity contribution in [1.29, 1.82) is 0 Å². The Kier molecular flexibility index (Phi) is 4.81. The molecule has 0 atom stereocenters. The number of aryl methyl sites for hydroxylation is 2. The molecule has 0 saturated heterocycles. The van der Waals surface area contributed by atoms with Gasteiger partial charge in [-0.2, -0.15) is 0 Å². The normalized spacial score (nSPS) is 15.1. The first-order valence-electron chi connectivity index (χ1n) is 9.27. The van der Waals surface area contributed by atoms with Gasteiger partial charge < -0.3 is 15.5 Å². The Morgan fingerprint density at radius 2 is 1.75 bits per heavy atom. The Balaban J connectivity index is 1.53. The smallest absolute Gasteiger partial charge is 0.314 e. The molecule has 3 amide bonds. The summed E-state index contributed by atoms with van der Waals surface area (Å²) in [6.07, 6.45) is 2.86. The summed E-state index contributed by atoms with van der Waals surface area (Å²) in [6.45, 7) is 2.52. The quantitative estimate of drug-likeness (QED) is 0.762. The summed E-state index contributed by atoms with van der Waals surface area (Å²) < 4.78 is 0. The zero-order valence-corrected chi connectivity index (χ0v) is 16.2. The Labute approximate surface area is 167 Å². The second-order valence-corrected chi connectivity index (χ2v) is 7.52. The van der Waals surface area contributed by atoms with Crippen molar-refractivity contribution in [2.45, 2.75) is 32.6 Å². The lowest BCUT2D eigenvalue weighted by Crippen LogP contribution is -2.39. The summed E-state index contributed by atoms with van der Waals surface area (Å²) >= 11 is 6.06. The standard InChI is InChI=1S/C21H20ClN3O3/c1-12-16(22)5-2-6-17(12)24-21(28)20(27)23-15-10-13-4-3-9-25-18(26)8-7-14(11-15)19(13)25/h2,5-6,10-11H,3-4,7-9H2,1H3,(H,23,27)(H,24,28). The Bertz CT molecular complexity index is 985. The van der Waals surface area contributed by atoms with Gasteiger partial charge in [-0.3, -0.25) is 14.4 Å². The SMILES string of the molecule is Cc1c(Cl)cccc1NC(=O)C(=O)Nc1cc2c3c(c1)CCC(=O)N3CCC2. The first-order chi connectivity index (χ1) is 13.4. The molecule has 2 aliphatic heterocycles. The molecule has 2 aromatic carbocycles. The van der Waals surface area contributed by atoms with Gasteiger partial charge in [0.1, 0.15) is 0 Å². The molecule has 6 nitrogen and oxygen atoms in total. The van der Waals surface area contributed by atoms with Gasteiger partial charge in [0.05, 0.1) is 5.69 Å². The Hall–Kier alpha value is -2.86. The molecule has 0 unspecified atom stereocenters. The summed E-state index contributed by atoms with van der Waals surface area (Å²) in [6, 6.07) is 8.85. The summed E-state index contributed by atoms with van der Waals surface area (Å²) in [5.74, 6) is -1.35. The van der Waals surface area contributed by atoms with E-state index in [1.807, 2.05) is 17.0 Å². The molecule has 144 valence electrons. The highest BCUT2D eigenvalue weighted by Gasteiger charge is 2.30. The monoisotopic (exact) mass is 397 g/mol. The fraction of sp³-hybridized carbons (Fsp3) is 0.286. The van der Waals surface area contributed by atoms with E-state index in [1.165, 1.54) is 0 Å². The summed E-state index contributed by atoms with van der Waals surface area (Å²) in [4.78, 5) is 38.7. The van der Waals surface area contributed by atoms with Gasteiger partial charge in [-0.25, -0.2) is 0 Å². The highest BCUT2D eigenvalue weighted by molar-refractivity contribution is 6.44. The van der Waals surface area contributed by atoms with Crippen LogP contribution in [0.25, 0.3) is 0 Å². The molecule has 4 rings (SSSR count). The van der Waals surface area contributed by atoms with Gasteiger partial charge in [0.25, 0.3) is 0 Å². The van der Waals surface area contributed by atoms with Gasteiger partial charge in [-0.05, 0) is 67.1 Å². The van der Waals surface area contributed by atoms with Crippen molar-refractivity contribution < 1.29 is 14.4 Å². The summed E-state index contributed by atoms with van der Waals surface area (Å²) in [5.41, 5.74) is 4.85. The maximum Gasteiger partial charge on any atom is 0.314 e. The van der Waals surface area contributed by atoms with Crippen molar-refractivity contribution in [3.05, 3.63) is 52.0 Å². The molecule has 0 aliphatic carbocycles. The molecule has 0 aromatic heterocycles. The molecule has 28 heavy (non-hydrogen) atoms. The van der Waals surface area contributed by atoms with Crippen molar-refractivity contribution in [3.8, 4) is 0 Å². The number of rotatable bonds is 2. The second kappa shape index (κ2) is 7.28. The van der Waals surface area contributed by atoms with Crippen LogP contribution in [0.15, 0.2) is 30.3 Å². The predicted molar refractivity (Wildman–Crippen MR) is 109 cm³/mol. The number of amides is 3. The average molecular weight is 398 g/mol. The zero-order chi connectivity index (χ0) is 19.8. The van der Waals surface area contributed by atoms with E-state index in [4.69, 9.17) is 11.6 Å². The van der Waals surface area contributed by atoms with E-state index in [0.717, 1.165) is 36.2 Å². The van der Waals surface area contributed by atoms with Gasteiger partial charge in [-0.15, -0.1) is 0 Å². The molecule has 7 heteroatoms. The maximum absolute atomic E-state index is 12.4. The Morgan fingerprint density at radius 3 is 2.54 bits per heavy atom. The third kappa shape index (κ3) is 3.36. The molecule has 0 radical (unpaired) electrons. The number of carbonyl (C=O) groups excluding carboxylic acids is 3. The van der Waals surface area contributed by atoms with Gasteiger partial charge in [-0.1, -0.05) is 17.7 Å². The van der Waals surface area contributed by atoms with E-state index in [2.05, 4.69) is 10.6 Å². The number of nitrogens with zero attached hydrogens (tertiary/aromatic N) is 1. The number of halogens is 1. The molecular formula is C21H20ClN3O3. The molecule has 2 heterocycles. The van der Waals surface area contributed by atoms with Crippen LogP contribution >= 0.6 is 11.6 Å². The largest absolute Gasteiger partial charge is 0.318 e. The van der Waals surface area contributed by atoms with Crippen LogP contribution in [0.1, 0.15) is 29.5 Å². The van der Waals surface area contributed by atoms with Gasteiger partial charge in [0.15, 0.2) is 0 Å². The highest BCUT2D eigenvalue weighted by Crippen LogP contribution is 2.37. The van der Waals surface area contributed by atoms with Crippen LogP contribution < -0.4 is 15.5 Å². The summed E-state index contributed by atoms with van der Waals surface area (Å²) in [5, 5.41) is 5.80. The van der Waals surface area contributed by atoms with E-state index in [1.54, 1.807) is 25.1 Å². The minimum Gasteiger partial charge on any atom is -0.318 e. The lowest BCUT2D eigenvalue weighted by Gasteiger charge is -2.35. The van der Waals surface area contributed by atoms with E-state index < -0.39 is 11.8 Å². The van der Waals surface area contributed by atoms with Crippen LogP contribution in [0.2, 0.25) is 5.02 Å².